The van der Waals surface area contributed by atoms with Crippen LogP contribution in [0.4, 0.5) is 5.69 Å². The van der Waals surface area contributed by atoms with E-state index in [4.69, 9.17) is 14.0 Å². The highest BCUT2D eigenvalue weighted by Gasteiger charge is 2.23. The number of hydrogen-bond donors (Lipinski definition) is 0. The van der Waals surface area contributed by atoms with Crippen LogP contribution in [0.2, 0.25) is 0 Å². The summed E-state index contributed by atoms with van der Waals surface area (Å²) in [7, 11) is 0. The van der Waals surface area contributed by atoms with Crippen LogP contribution in [0.25, 0.3) is 11.3 Å². The number of rotatable bonds is 3. The second kappa shape index (κ2) is 6.46. The summed E-state index contributed by atoms with van der Waals surface area (Å²) in [4.78, 5) is 14.7. The highest BCUT2D eigenvalue weighted by Crippen LogP contribution is 2.36. The molecule has 1 amide bonds. The fourth-order valence-corrected chi connectivity index (χ4v) is 3.62. The van der Waals surface area contributed by atoms with Crippen molar-refractivity contribution in [1.29, 1.82) is 0 Å². The van der Waals surface area contributed by atoms with E-state index in [-0.39, 0.29) is 19.1 Å². The number of amides is 1. The van der Waals surface area contributed by atoms with Gasteiger partial charge < -0.3 is 18.9 Å². The van der Waals surface area contributed by atoms with Gasteiger partial charge in [0.25, 0.3) is 0 Å². The Morgan fingerprint density at radius 2 is 1.96 bits per heavy atom. The van der Waals surface area contributed by atoms with Crippen molar-refractivity contribution in [2.75, 3.05) is 18.2 Å². The summed E-state index contributed by atoms with van der Waals surface area (Å²) in [6.45, 7) is 0.967. The molecule has 2 aliphatic heterocycles. The Balaban J connectivity index is 1.35. The van der Waals surface area contributed by atoms with Crippen LogP contribution in [0.1, 0.15) is 17.7 Å². The number of benzene rings is 2. The van der Waals surface area contributed by atoms with Crippen molar-refractivity contribution in [2.45, 2.75) is 19.3 Å². The molecular weight excluding hydrogens is 344 g/mol. The van der Waals surface area contributed by atoms with Gasteiger partial charge in [0.1, 0.15) is 0 Å². The molecule has 27 heavy (non-hydrogen) atoms. The first-order valence-electron chi connectivity index (χ1n) is 9.02. The van der Waals surface area contributed by atoms with Gasteiger partial charge in [-0.2, -0.15) is 0 Å². The molecule has 6 heteroatoms. The number of carbonyl (C=O) groups excluding carboxylic acids is 1. The molecule has 1 aromatic heterocycles. The molecule has 5 rings (SSSR count). The quantitative estimate of drug-likeness (QED) is 0.712. The maximum atomic E-state index is 12.8. The lowest BCUT2D eigenvalue weighted by atomic mass is 10.0. The van der Waals surface area contributed by atoms with Crippen molar-refractivity contribution in [3.05, 3.63) is 59.8 Å². The van der Waals surface area contributed by atoms with Gasteiger partial charge in [0, 0.05) is 23.9 Å². The first-order chi connectivity index (χ1) is 13.3. The summed E-state index contributed by atoms with van der Waals surface area (Å²) in [5.41, 5.74) is 3.69. The molecule has 3 heterocycles. The minimum atomic E-state index is 0.0349. The molecule has 0 fully saturated rings. The molecule has 136 valence electrons. The van der Waals surface area contributed by atoms with E-state index in [1.807, 2.05) is 47.4 Å². The maximum absolute atomic E-state index is 12.8. The Bertz CT molecular complexity index is 1010. The van der Waals surface area contributed by atoms with E-state index in [0.29, 0.717) is 17.2 Å². The minimum absolute atomic E-state index is 0.0349. The van der Waals surface area contributed by atoms with Gasteiger partial charge in [0.2, 0.25) is 12.7 Å². The summed E-state index contributed by atoms with van der Waals surface area (Å²) < 4.78 is 16.2. The largest absolute Gasteiger partial charge is 0.454 e. The lowest BCUT2D eigenvalue weighted by Gasteiger charge is -2.29. The van der Waals surface area contributed by atoms with Gasteiger partial charge in [-0.1, -0.05) is 23.4 Å². The molecule has 0 atom stereocenters. The summed E-state index contributed by atoms with van der Waals surface area (Å²) in [5, 5.41) is 4.08. The molecule has 0 aliphatic carbocycles. The van der Waals surface area contributed by atoms with E-state index in [1.165, 1.54) is 5.56 Å². The molecule has 0 bridgehead atoms. The van der Waals surface area contributed by atoms with Crippen molar-refractivity contribution in [3.8, 4) is 22.8 Å². The van der Waals surface area contributed by atoms with E-state index >= 15 is 0 Å². The minimum Gasteiger partial charge on any atom is -0.454 e. The zero-order valence-corrected chi connectivity index (χ0v) is 14.7. The molecule has 2 aliphatic rings. The number of aromatic nitrogens is 1. The molecular formula is C21H18N2O4. The van der Waals surface area contributed by atoms with Crippen LogP contribution < -0.4 is 14.4 Å². The Kier molecular flexibility index (Phi) is 3.81. The van der Waals surface area contributed by atoms with Gasteiger partial charge in [-0.25, -0.2) is 0 Å². The Hall–Kier alpha value is -3.28. The van der Waals surface area contributed by atoms with Gasteiger partial charge in [0.05, 0.1) is 12.1 Å². The van der Waals surface area contributed by atoms with E-state index < -0.39 is 0 Å². The van der Waals surface area contributed by atoms with Crippen molar-refractivity contribution < 1.29 is 18.8 Å². The average Bonchev–Trinajstić information content (AvgIpc) is 3.36. The summed E-state index contributed by atoms with van der Waals surface area (Å²) in [6, 6.07) is 15.5. The first kappa shape index (κ1) is 15.9. The molecule has 0 saturated heterocycles. The predicted molar refractivity (Wildman–Crippen MR) is 98.9 cm³/mol. The smallest absolute Gasteiger partial charge is 0.233 e. The monoisotopic (exact) mass is 362 g/mol. The Morgan fingerprint density at radius 3 is 2.93 bits per heavy atom. The Morgan fingerprint density at radius 1 is 1.07 bits per heavy atom. The third-order valence-electron chi connectivity index (χ3n) is 4.96. The average molecular weight is 362 g/mol. The number of anilines is 1. The SMILES string of the molecule is O=C(Cc1cc(-c2ccc3c(c2)OCO3)on1)N1CCCc2ccccc21. The van der Waals surface area contributed by atoms with Crippen LogP contribution in [0.3, 0.4) is 0 Å². The van der Waals surface area contributed by atoms with Gasteiger partial charge in [0.15, 0.2) is 17.3 Å². The lowest BCUT2D eigenvalue weighted by Crippen LogP contribution is -2.36. The Labute approximate surface area is 156 Å². The molecule has 0 spiro atoms. The number of ether oxygens (including phenoxy) is 2. The summed E-state index contributed by atoms with van der Waals surface area (Å²) >= 11 is 0. The van der Waals surface area contributed by atoms with Crippen LogP contribution in [-0.4, -0.2) is 24.4 Å². The highest BCUT2D eigenvalue weighted by atomic mass is 16.7. The van der Waals surface area contributed by atoms with Gasteiger partial charge in [-0.3, -0.25) is 4.79 Å². The molecule has 0 N–H and O–H groups in total. The number of nitrogens with zero attached hydrogens (tertiary/aromatic N) is 2. The van der Waals surface area contributed by atoms with Crippen LogP contribution in [-0.2, 0) is 17.6 Å². The fraction of sp³-hybridized carbons (Fsp3) is 0.238. The van der Waals surface area contributed by atoms with E-state index in [2.05, 4.69) is 11.2 Å². The molecule has 2 aromatic carbocycles. The molecule has 0 saturated carbocycles. The predicted octanol–water partition coefficient (Wildman–Crippen LogP) is 3.59. The normalized spacial score (nSPS) is 14.9. The number of fused-ring (bicyclic) bond motifs is 2. The standard InChI is InChI=1S/C21H18N2O4/c24-21(23-9-3-5-14-4-1-2-6-17(14)23)12-16-11-19(27-22-16)15-7-8-18-20(10-15)26-13-25-18/h1-2,4,6-8,10-11H,3,5,9,12-13H2. The van der Waals surface area contributed by atoms with E-state index in [0.717, 1.165) is 36.4 Å². The summed E-state index contributed by atoms with van der Waals surface area (Å²) in [5.74, 6) is 2.05. The van der Waals surface area contributed by atoms with Gasteiger partial charge in [-0.15, -0.1) is 0 Å². The number of hydrogen-bond acceptors (Lipinski definition) is 5. The zero-order valence-electron chi connectivity index (χ0n) is 14.7. The van der Waals surface area contributed by atoms with Crippen molar-refractivity contribution in [3.63, 3.8) is 0 Å². The second-order valence-electron chi connectivity index (χ2n) is 6.70. The van der Waals surface area contributed by atoms with Crippen LogP contribution in [0.15, 0.2) is 53.1 Å². The maximum Gasteiger partial charge on any atom is 0.233 e. The third-order valence-corrected chi connectivity index (χ3v) is 4.96. The fourth-order valence-electron chi connectivity index (χ4n) is 3.62. The summed E-state index contributed by atoms with van der Waals surface area (Å²) in [6.07, 6.45) is 2.20. The van der Waals surface area contributed by atoms with Gasteiger partial charge >= 0.3 is 0 Å². The van der Waals surface area contributed by atoms with Crippen molar-refractivity contribution >= 4 is 11.6 Å². The number of aryl methyl sites for hydroxylation is 1. The van der Waals surface area contributed by atoms with E-state index in [1.54, 1.807) is 0 Å². The number of carbonyl (C=O) groups is 1. The van der Waals surface area contributed by atoms with Crippen LogP contribution >= 0.6 is 0 Å². The third kappa shape index (κ3) is 2.93. The van der Waals surface area contributed by atoms with Crippen LogP contribution in [0, 0.1) is 0 Å². The number of para-hydroxylation sites is 1. The van der Waals surface area contributed by atoms with E-state index in [9.17, 15) is 4.79 Å². The molecule has 3 aromatic rings. The zero-order chi connectivity index (χ0) is 18.2. The first-order valence-corrected chi connectivity index (χ1v) is 9.02. The lowest BCUT2D eigenvalue weighted by molar-refractivity contribution is -0.118. The van der Waals surface area contributed by atoms with Crippen molar-refractivity contribution in [1.82, 2.24) is 5.16 Å². The second-order valence-corrected chi connectivity index (χ2v) is 6.70. The van der Waals surface area contributed by atoms with Crippen molar-refractivity contribution in [2.24, 2.45) is 0 Å². The van der Waals surface area contributed by atoms with Gasteiger partial charge in [-0.05, 0) is 42.7 Å². The molecule has 0 radical (unpaired) electrons. The molecule has 6 nitrogen and oxygen atoms in total. The molecule has 0 unspecified atom stereocenters. The van der Waals surface area contributed by atoms with Crippen LogP contribution in [0.5, 0.6) is 11.5 Å². The highest BCUT2D eigenvalue weighted by molar-refractivity contribution is 5.95. The topological polar surface area (TPSA) is 64.8 Å².